The molecule has 8 heteroatoms. The van der Waals surface area contributed by atoms with Gasteiger partial charge >= 0.3 is 0 Å². The molecule has 2 aromatic heterocycles. The molecule has 142 valence electrons. The van der Waals surface area contributed by atoms with Gasteiger partial charge in [0.15, 0.2) is 5.82 Å². The second-order valence-electron chi connectivity index (χ2n) is 6.70. The number of aryl methyl sites for hydroxylation is 3. The first-order valence-corrected chi connectivity index (χ1v) is 9.67. The van der Waals surface area contributed by atoms with Crippen molar-refractivity contribution in [2.75, 3.05) is 5.32 Å². The summed E-state index contributed by atoms with van der Waals surface area (Å²) in [6.07, 6.45) is 4.12. The van der Waals surface area contributed by atoms with Gasteiger partial charge in [0.2, 0.25) is 0 Å². The van der Waals surface area contributed by atoms with Crippen LogP contribution in [0.2, 0.25) is 0 Å². The molecule has 2 N–H and O–H groups in total. The van der Waals surface area contributed by atoms with Crippen molar-refractivity contribution >= 4 is 39.6 Å². The molecule has 0 unspecified atom stereocenters. The predicted octanol–water partition coefficient (Wildman–Crippen LogP) is 4.18. The van der Waals surface area contributed by atoms with Gasteiger partial charge in [-0.15, -0.1) is 0 Å². The number of hydrogen-bond donors (Lipinski definition) is 2. The van der Waals surface area contributed by atoms with Crippen molar-refractivity contribution in [2.45, 2.75) is 20.3 Å². The van der Waals surface area contributed by atoms with E-state index >= 15 is 0 Å². The number of amidine groups is 1. The summed E-state index contributed by atoms with van der Waals surface area (Å²) in [5, 5.41) is 20.7. The summed E-state index contributed by atoms with van der Waals surface area (Å²) in [4.78, 5) is 4.61. The first-order valence-electron chi connectivity index (χ1n) is 8.87. The van der Waals surface area contributed by atoms with Crippen LogP contribution in [-0.2, 0) is 13.5 Å². The van der Waals surface area contributed by atoms with Crippen molar-refractivity contribution in [1.82, 2.24) is 19.6 Å². The number of nitrogens with zero attached hydrogens (tertiary/aromatic N) is 5. The maximum atomic E-state index is 8.40. The predicted molar refractivity (Wildman–Crippen MR) is 116 cm³/mol. The molecule has 0 radical (unpaired) electrons. The fraction of sp³-hybridized carbons (Fsp3) is 0.200. The van der Waals surface area contributed by atoms with Crippen LogP contribution in [0.15, 0.2) is 45.9 Å². The van der Waals surface area contributed by atoms with Gasteiger partial charge in [0.1, 0.15) is 11.7 Å². The van der Waals surface area contributed by atoms with Crippen LogP contribution in [0.1, 0.15) is 17.0 Å². The minimum atomic E-state index is 0.230. The highest BCUT2D eigenvalue weighted by Crippen LogP contribution is 2.30. The zero-order chi connectivity index (χ0) is 19.8. The van der Waals surface area contributed by atoms with Crippen LogP contribution in [0.3, 0.4) is 0 Å². The number of fused-ring (bicyclic) bond motifs is 1. The van der Waals surface area contributed by atoms with E-state index in [4.69, 9.17) is 5.41 Å². The lowest BCUT2D eigenvalue weighted by Gasteiger charge is -2.08. The van der Waals surface area contributed by atoms with Crippen LogP contribution in [0.5, 0.6) is 0 Å². The minimum Gasteiger partial charge on any atom is -0.325 e. The lowest BCUT2D eigenvalue weighted by molar-refractivity contribution is 0.780. The quantitative estimate of drug-likeness (QED) is 0.630. The molecule has 0 saturated heterocycles. The Morgan fingerprint density at radius 3 is 2.57 bits per heavy atom. The van der Waals surface area contributed by atoms with Crippen molar-refractivity contribution in [2.24, 2.45) is 12.0 Å². The Bertz CT molecular complexity index is 1120. The summed E-state index contributed by atoms with van der Waals surface area (Å²) >= 11 is 3.47. The van der Waals surface area contributed by atoms with Crippen LogP contribution in [-0.4, -0.2) is 31.6 Å². The van der Waals surface area contributed by atoms with Gasteiger partial charge in [-0.1, -0.05) is 28.1 Å². The van der Waals surface area contributed by atoms with Gasteiger partial charge in [-0.2, -0.15) is 10.2 Å². The van der Waals surface area contributed by atoms with Crippen molar-refractivity contribution in [3.8, 4) is 11.3 Å². The Balaban J connectivity index is 1.76. The van der Waals surface area contributed by atoms with E-state index in [1.54, 1.807) is 15.4 Å². The fourth-order valence-corrected chi connectivity index (χ4v) is 3.56. The Kier molecular flexibility index (Phi) is 4.72. The number of halogens is 1. The van der Waals surface area contributed by atoms with Gasteiger partial charge in [0.05, 0.1) is 11.4 Å². The van der Waals surface area contributed by atoms with Gasteiger partial charge < -0.3 is 5.32 Å². The van der Waals surface area contributed by atoms with Gasteiger partial charge in [-0.05, 0) is 32.0 Å². The molecule has 7 nitrogen and oxygen atoms in total. The standard InChI is InChI=1S/C20H20BrN7/c1-12-10-13(2)28(25-12)18-11-17(22)24-20-16(8-9-23-18)19(26-27(20)3)14-4-6-15(21)7-5-14/h4-7,9-11H,8H2,1-3H3,(H2,22,24)/b18-11+,23-9-. The highest BCUT2D eigenvalue weighted by molar-refractivity contribution is 9.10. The number of rotatable bonds is 2. The van der Waals surface area contributed by atoms with E-state index in [1.807, 2.05) is 57.4 Å². The lowest BCUT2D eigenvalue weighted by Crippen LogP contribution is -2.13. The average molecular weight is 438 g/mol. The molecule has 0 aliphatic carbocycles. The molecule has 0 bridgehead atoms. The van der Waals surface area contributed by atoms with Crippen LogP contribution in [0.4, 0.5) is 5.82 Å². The summed E-state index contributed by atoms with van der Waals surface area (Å²) in [6, 6.07) is 10.0. The summed E-state index contributed by atoms with van der Waals surface area (Å²) in [5.74, 6) is 1.63. The van der Waals surface area contributed by atoms with Gasteiger partial charge in [0, 0.05) is 47.1 Å². The number of hydrogen-bond acceptors (Lipinski definition) is 4. The van der Waals surface area contributed by atoms with E-state index in [9.17, 15) is 0 Å². The number of anilines is 1. The Morgan fingerprint density at radius 2 is 1.89 bits per heavy atom. The highest BCUT2D eigenvalue weighted by Gasteiger charge is 2.19. The molecular weight excluding hydrogens is 418 g/mol. The smallest absolute Gasteiger partial charge is 0.156 e. The molecule has 0 spiro atoms. The molecule has 3 aromatic rings. The van der Waals surface area contributed by atoms with Crippen LogP contribution < -0.4 is 5.32 Å². The topological polar surface area (TPSA) is 83.9 Å². The largest absolute Gasteiger partial charge is 0.325 e. The molecule has 1 aromatic carbocycles. The molecule has 3 heterocycles. The Hall–Kier alpha value is -3.00. The van der Waals surface area contributed by atoms with Crippen molar-refractivity contribution in [3.05, 3.63) is 57.8 Å². The zero-order valence-corrected chi connectivity index (χ0v) is 17.4. The van der Waals surface area contributed by atoms with E-state index in [0.29, 0.717) is 12.2 Å². The second kappa shape index (κ2) is 7.20. The zero-order valence-electron chi connectivity index (χ0n) is 15.9. The minimum absolute atomic E-state index is 0.230. The summed E-state index contributed by atoms with van der Waals surface area (Å²) in [7, 11) is 1.88. The van der Waals surface area contributed by atoms with E-state index in [0.717, 1.165) is 38.5 Å². The molecular formula is C20H20BrN7. The van der Waals surface area contributed by atoms with Gasteiger partial charge in [-0.3, -0.25) is 10.1 Å². The molecule has 0 amide bonds. The fourth-order valence-electron chi connectivity index (χ4n) is 3.29. The SMILES string of the molecule is Cc1cc(C)n(C2=C/C(=N)Nc3c(c(-c4ccc(Br)cc4)nn3C)C/C=N\2)n1. The van der Waals surface area contributed by atoms with E-state index < -0.39 is 0 Å². The van der Waals surface area contributed by atoms with E-state index in [-0.39, 0.29) is 5.84 Å². The third kappa shape index (κ3) is 3.43. The van der Waals surface area contributed by atoms with Crippen molar-refractivity contribution in [1.29, 1.82) is 5.41 Å². The maximum Gasteiger partial charge on any atom is 0.156 e. The summed E-state index contributed by atoms with van der Waals surface area (Å²) in [6.45, 7) is 3.92. The number of aliphatic imine (C=N–C) groups is 1. The van der Waals surface area contributed by atoms with Crippen LogP contribution in [0.25, 0.3) is 17.1 Å². The monoisotopic (exact) mass is 437 g/mol. The van der Waals surface area contributed by atoms with Crippen LogP contribution >= 0.6 is 15.9 Å². The molecule has 0 atom stereocenters. The van der Waals surface area contributed by atoms with Gasteiger partial charge in [0.25, 0.3) is 0 Å². The molecule has 28 heavy (non-hydrogen) atoms. The highest BCUT2D eigenvalue weighted by atomic mass is 79.9. The number of benzene rings is 1. The molecule has 1 aliphatic heterocycles. The number of aromatic nitrogens is 4. The van der Waals surface area contributed by atoms with E-state index in [1.165, 1.54) is 0 Å². The Morgan fingerprint density at radius 1 is 1.14 bits per heavy atom. The second-order valence-corrected chi connectivity index (χ2v) is 7.62. The van der Waals surface area contributed by atoms with Gasteiger partial charge in [-0.25, -0.2) is 9.67 Å². The lowest BCUT2D eigenvalue weighted by atomic mass is 10.1. The summed E-state index contributed by atoms with van der Waals surface area (Å²) < 4.78 is 4.55. The third-order valence-corrected chi connectivity index (χ3v) is 5.06. The number of nitrogens with one attached hydrogen (secondary N) is 2. The van der Waals surface area contributed by atoms with Crippen molar-refractivity contribution < 1.29 is 0 Å². The van der Waals surface area contributed by atoms with E-state index in [2.05, 4.69) is 36.4 Å². The molecule has 4 rings (SSSR count). The first kappa shape index (κ1) is 18.4. The van der Waals surface area contributed by atoms with Crippen molar-refractivity contribution in [3.63, 3.8) is 0 Å². The summed E-state index contributed by atoms with van der Waals surface area (Å²) in [5.41, 5.74) is 4.79. The molecule has 1 aliphatic rings. The maximum absolute atomic E-state index is 8.40. The van der Waals surface area contributed by atoms with Crippen LogP contribution in [0, 0.1) is 19.3 Å². The molecule has 0 fully saturated rings. The molecule has 0 saturated carbocycles. The third-order valence-electron chi connectivity index (χ3n) is 4.54. The average Bonchev–Trinajstić information content (AvgIpc) is 3.16. The Labute approximate surface area is 171 Å². The first-order chi connectivity index (χ1) is 13.4. The normalized spacial score (nSPS) is 17.0.